The fourth-order valence-corrected chi connectivity index (χ4v) is 1.21. The van der Waals surface area contributed by atoms with Crippen molar-refractivity contribution in [2.75, 3.05) is 26.9 Å². The van der Waals surface area contributed by atoms with Gasteiger partial charge in [0.25, 0.3) is 0 Å². The summed E-state index contributed by atoms with van der Waals surface area (Å²) in [4.78, 5) is 11.8. The summed E-state index contributed by atoms with van der Waals surface area (Å²) in [5.41, 5.74) is -0.630. The molecule has 0 aromatic carbocycles. The van der Waals surface area contributed by atoms with Gasteiger partial charge in [-0.15, -0.1) is 0 Å². The summed E-state index contributed by atoms with van der Waals surface area (Å²) in [7, 11) is 1.64. The Morgan fingerprint density at radius 1 is 1.47 bits per heavy atom. The van der Waals surface area contributed by atoms with E-state index in [9.17, 15) is 4.79 Å². The van der Waals surface area contributed by atoms with Gasteiger partial charge in [-0.05, 0) is 19.8 Å². The van der Waals surface area contributed by atoms with Gasteiger partial charge in [-0.25, -0.2) is 0 Å². The highest BCUT2D eigenvalue weighted by Crippen LogP contribution is 2.18. The van der Waals surface area contributed by atoms with Crippen LogP contribution in [0.2, 0.25) is 0 Å². The van der Waals surface area contributed by atoms with Gasteiger partial charge in [0, 0.05) is 13.7 Å². The van der Waals surface area contributed by atoms with E-state index in [1.807, 2.05) is 27.7 Å². The first-order chi connectivity index (χ1) is 6.99. The minimum absolute atomic E-state index is 0.174. The van der Waals surface area contributed by atoms with E-state index in [2.05, 4.69) is 5.32 Å². The zero-order valence-electron chi connectivity index (χ0n) is 10.4. The molecule has 90 valence electrons. The number of esters is 1. The van der Waals surface area contributed by atoms with Crippen LogP contribution in [0.4, 0.5) is 0 Å². The Bertz CT molecular complexity index is 194. The highest BCUT2D eigenvalue weighted by molar-refractivity contribution is 5.80. The second kappa shape index (κ2) is 6.80. The molecule has 4 heteroatoms. The van der Waals surface area contributed by atoms with E-state index < -0.39 is 5.54 Å². The molecule has 1 N–H and O–H groups in total. The van der Waals surface area contributed by atoms with E-state index in [4.69, 9.17) is 9.47 Å². The molecule has 0 spiro atoms. The first-order valence-corrected chi connectivity index (χ1v) is 5.40. The average Bonchev–Trinajstić information content (AvgIpc) is 2.18. The Kier molecular flexibility index (Phi) is 6.52. The van der Waals surface area contributed by atoms with Crippen molar-refractivity contribution >= 4 is 5.97 Å². The van der Waals surface area contributed by atoms with Crippen LogP contribution in [-0.2, 0) is 14.3 Å². The van der Waals surface area contributed by atoms with E-state index in [0.717, 1.165) is 0 Å². The van der Waals surface area contributed by atoms with Crippen LogP contribution < -0.4 is 5.32 Å². The third-order valence-electron chi connectivity index (χ3n) is 2.65. The maximum Gasteiger partial charge on any atom is 0.326 e. The normalized spacial score (nSPS) is 15.1. The largest absolute Gasteiger partial charge is 0.465 e. The number of hydrogen-bond donors (Lipinski definition) is 1. The van der Waals surface area contributed by atoms with Crippen LogP contribution in [0.5, 0.6) is 0 Å². The smallest absolute Gasteiger partial charge is 0.326 e. The number of carbonyl (C=O) groups is 1. The van der Waals surface area contributed by atoms with Crippen LogP contribution in [0, 0.1) is 5.92 Å². The van der Waals surface area contributed by atoms with Crippen molar-refractivity contribution in [2.45, 2.75) is 33.2 Å². The molecule has 0 saturated carbocycles. The monoisotopic (exact) mass is 217 g/mol. The quantitative estimate of drug-likeness (QED) is 0.514. The number of methoxy groups -OCH3 is 1. The molecule has 4 nitrogen and oxygen atoms in total. The van der Waals surface area contributed by atoms with Gasteiger partial charge in [-0.3, -0.25) is 10.1 Å². The molecule has 0 amide bonds. The van der Waals surface area contributed by atoms with Crippen molar-refractivity contribution < 1.29 is 14.3 Å². The van der Waals surface area contributed by atoms with Crippen LogP contribution in [-0.4, -0.2) is 38.4 Å². The molecular weight excluding hydrogens is 194 g/mol. The third kappa shape index (κ3) is 4.18. The van der Waals surface area contributed by atoms with Crippen molar-refractivity contribution in [3.8, 4) is 0 Å². The summed E-state index contributed by atoms with van der Waals surface area (Å²) in [5.74, 6) is -0.0236. The molecule has 0 aliphatic carbocycles. The molecule has 0 aromatic heterocycles. The highest BCUT2D eigenvalue weighted by Gasteiger charge is 2.37. The second-order valence-corrected chi connectivity index (χ2v) is 4.00. The van der Waals surface area contributed by atoms with Crippen molar-refractivity contribution in [2.24, 2.45) is 5.92 Å². The molecule has 1 atom stereocenters. The molecule has 0 heterocycles. The number of hydrogen-bond acceptors (Lipinski definition) is 4. The molecule has 0 fully saturated rings. The van der Waals surface area contributed by atoms with Gasteiger partial charge in [0.15, 0.2) is 0 Å². The molecule has 0 aliphatic rings. The van der Waals surface area contributed by atoms with Gasteiger partial charge in [-0.1, -0.05) is 13.8 Å². The SMILES string of the molecule is CCOC(=O)C(C)(NCCOC)C(C)C. The van der Waals surface area contributed by atoms with Gasteiger partial charge < -0.3 is 9.47 Å². The first kappa shape index (κ1) is 14.4. The summed E-state index contributed by atoms with van der Waals surface area (Å²) >= 11 is 0. The first-order valence-electron chi connectivity index (χ1n) is 5.40. The van der Waals surface area contributed by atoms with E-state index in [0.29, 0.717) is 19.8 Å². The Balaban J connectivity index is 4.37. The maximum atomic E-state index is 11.8. The van der Waals surface area contributed by atoms with Gasteiger partial charge in [0.1, 0.15) is 5.54 Å². The van der Waals surface area contributed by atoms with Crippen molar-refractivity contribution in [1.29, 1.82) is 0 Å². The predicted octanol–water partition coefficient (Wildman–Crippen LogP) is 1.20. The minimum atomic E-state index is -0.630. The minimum Gasteiger partial charge on any atom is -0.465 e. The van der Waals surface area contributed by atoms with Crippen LogP contribution >= 0.6 is 0 Å². The molecule has 0 aromatic rings. The average molecular weight is 217 g/mol. The second-order valence-electron chi connectivity index (χ2n) is 4.00. The molecule has 0 bridgehead atoms. The summed E-state index contributed by atoms with van der Waals surface area (Å²) in [6.45, 7) is 9.31. The van der Waals surface area contributed by atoms with Gasteiger partial charge >= 0.3 is 5.97 Å². The van der Waals surface area contributed by atoms with Gasteiger partial charge in [0.05, 0.1) is 13.2 Å². The summed E-state index contributed by atoms with van der Waals surface area (Å²) in [6.07, 6.45) is 0. The Hall–Kier alpha value is -0.610. The van der Waals surface area contributed by atoms with E-state index in [1.165, 1.54) is 0 Å². The third-order valence-corrected chi connectivity index (χ3v) is 2.65. The molecule has 0 aliphatic heterocycles. The van der Waals surface area contributed by atoms with E-state index in [-0.39, 0.29) is 11.9 Å². The Morgan fingerprint density at radius 3 is 2.47 bits per heavy atom. The molecule has 0 radical (unpaired) electrons. The lowest BCUT2D eigenvalue weighted by molar-refractivity contribution is -0.152. The Morgan fingerprint density at radius 2 is 2.07 bits per heavy atom. The molecule has 0 rings (SSSR count). The number of ether oxygens (including phenoxy) is 2. The van der Waals surface area contributed by atoms with E-state index >= 15 is 0 Å². The molecule has 1 unspecified atom stereocenters. The lowest BCUT2D eigenvalue weighted by Gasteiger charge is -2.32. The van der Waals surface area contributed by atoms with E-state index in [1.54, 1.807) is 7.11 Å². The molecular formula is C11H23NO3. The van der Waals surface area contributed by atoms with Gasteiger partial charge in [0.2, 0.25) is 0 Å². The van der Waals surface area contributed by atoms with Crippen molar-refractivity contribution in [3.05, 3.63) is 0 Å². The number of carbonyl (C=O) groups excluding carboxylic acids is 1. The Labute approximate surface area is 92.3 Å². The lowest BCUT2D eigenvalue weighted by atomic mass is 9.88. The summed E-state index contributed by atoms with van der Waals surface area (Å²) in [5, 5.41) is 3.18. The molecule has 0 saturated heterocycles. The van der Waals surface area contributed by atoms with Crippen LogP contribution in [0.15, 0.2) is 0 Å². The standard InChI is InChI=1S/C11H23NO3/c1-6-15-10(13)11(4,9(2)3)12-7-8-14-5/h9,12H,6-8H2,1-5H3. The number of rotatable bonds is 7. The summed E-state index contributed by atoms with van der Waals surface area (Å²) in [6, 6.07) is 0. The maximum absolute atomic E-state index is 11.8. The fourth-order valence-electron chi connectivity index (χ4n) is 1.21. The zero-order chi connectivity index (χ0) is 11.9. The topological polar surface area (TPSA) is 47.6 Å². The highest BCUT2D eigenvalue weighted by atomic mass is 16.5. The fraction of sp³-hybridized carbons (Fsp3) is 0.909. The predicted molar refractivity (Wildman–Crippen MR) is 59.8 cm³/mol. The number of nitrogens with one attached hydrogen (secondary N) is 1. The summed E-state index contributed by atoms with van der Waals surface area (Å²) < 4.78 is 10.00. The zero-order valence-corrected chi connectivity index (χ0v) is 10.4. The van der Waals surface area contributed by atoms with Crippen molar-refractivity contribution in [1.82, 2.24) is 5.32 Å². The lowest BCUT2D eigenvalue weighted by Crippen LogP contribution is -2.55. The van der Waals surface area contributed by atoms with Crippen molar-refractivity contribution in [3.63, 3.8) is 0 Å². The molecule has 15 heavy (non-hydrogen) atoms. The van der Waals surface area contributed by atoms with Crippen LogP contribution in [0.25, 0.3) is 0 Å². The van der Waals surface area contributed by atoms with Crippen LogP contribution in [0.1, 0.15) is 27.7 Å². The van der Waals surface area contributed by atoms with Gasteiger partial charge in [-0.2, -0.15) is 0 Å². The van der Waals surface area contributed by atoms with Crippen LogP contribution in [0.3, 0.4) is 0 Å².